The van der Waals surface area contributed by atoms with Crippen molar-refractivity contribution >= 4 is 17.9 Å². The van der Waals surface area contributed by atoms with Gasteiger partial charge in [0.25, 0.3) is 5.91 Å². The molecule has 0 saturated carbocycles. The molecule has 0 atom stereocenters. The fourth-order valence-electron chi connectivity index (χ4n) is 2.21. The van der Waals surface area contributed by atoms with E-state index in [2.05, 4.69) is 0 Å². The van der Waals surface area contributed by atoms with Crippen LogP contribution in [0.3, 0.4) is 0 Å². The molecule has 2 rings (SSSR count). The van der Waals surface area contributed by atoms with Crippen molar-refractivity contribution in [3.8, 4) is 17.2 Å². The second-order valence-electron chi connectivity index (χ2n) is 4.87. The normalized spacial score (nSPS) is 14.0. The maximum absolute atomic E-state index is 12.2. The highest BCUT2D eigenvalue weighted by molar-refractivity contribution is 6.04. The molecule has 0 bridgehead atoms. The third-order valence-electron chi connectivity index (χ3n) is 3.39. The minimum absolute atomic E-state index is 0.191. The van der Waals surface area contributed by atoms with Crippen molar-refractivity contribution in [2.45, 2.75) is 6.42 Å². The first-order valence-corrected chi connectivity index (χ1v) is 7.28. The van der Waals surface area contributed by atoms with Crippen LogP contribution in [0.25, 0.3) is 6.08 Å². The molecule has 0 aliphatic carbocycles. The van der Waals surface area contributed by atoms with Crippen LogP contribution in [0.2, 0.25) is 0 Å². The number of ether oxygens (including phenoxy) is 3. The van der Waals surface area contributed by atoms with E-state index < -0.39 is 5.91 Å². The summed E-state index contributed by atoms with van der Waals surface area (Å²) in [4.78, 5) is 25.2. The Balaban J connectivity index is 2.25. The Morgan fingerprint density at radius 2 is 1.75 bits per heavy atom. The molecule has 0 aromatic heterocycles. The molecular formula is C18H19NO5. The Kier molecular flexibility index (Phi) is 5.78. The van der Waals surface area contributed by atoms with Crippen molar-refractivity contribution in [1.29, 1.82) is 0 Å². The van der Waals surface area contributed by atoms with Crippen LogP contribution in [-0.4, -0.2) is 38.0 Å². The van der Waals surface area contributed by atoms with Crippen LogP contribution in [0, 0.1) is 0 Å². The molecule has 0 fully saturated rings. The number of hydrogen-bond acceptors (Lipinski definition) is 5. The van der Waals surface area contributed by atoms with Gasteiger partial charge in [-0.15, -0.1) is 0 Å². The predicted octanol–water partition coefficient (Wildman–Crippen LogP) is 2.55. The van der Waals surface area contributed by atoms with E-state index in [-0.39, 0.29) is 12.3 Å². The number of hydrogen-bond donors (Lipinski definition) is 0. The molecule has 0 spiro atoms. The molecule has 0 N–H and O–H groups in total. The molecule has 0 radical (unpaired) electrons. The Labute approximate surface area is 140 Å². The van der Waals surface area contributed by atoms with Crippen LogP contribution in [0.4, 0.5) is 0 Å². The SMILES string of the molecule is COc1cc(/C=C/C(=O)N2C=CC=CCC2=O)cc(OC)c1OC. The minimum Gasteiger partial charge on any atom is -0.493 e. The molecule has 0 saturated heterocycles. The van der Waals surface area contributed by atoms with Gasteiger partial charge in [0.2, 0.25) is 11.7 Å². The summed E-state index contributed by atoms with van der Waals surface area (Å²) in [5.74, 6) is 0.742. The Morgan fingerprint density at radius 1 is 1.08 bits per heavy atom. The zero-order valence-corrected chi connectivity index (χ0v) is 13.8. The van der Waals surface area contributed by atoms with Crippen molar-refractivity contribution in [2.75, 3.05) is 21.3 Å². The summed E-state index contributed by atoms with van der Waals surface area (Å²) in [6.45, 7) is 0. The molecule has 1 aliphatic heterocycles. The van der Waals surface area contributed by atoms with E-state index in [4.69, 9.17) is 14.2 Å². The van der Waals surface area contributed by atoms with Gasteiger partial charge in [0, 0.05) is 18.7 Å². The first-order chi connectivity index (χ1) is 11.6. The largest absolute Gasteiger partial charge is 0.493 e. The molecule has 2 amide bonds. The van der Waals surface area contributed by atoms with Gasteiger partial charge in [-0.1, -0.05) is 12.2 Å². The van der Waals surface area contributed by atoms with Gasteiger partial charge in [0.05, 0.1) is 21.3 Å². The number of nitrogens with zero attached hydrogens (tertiary/aromatic N) is 1. The standard InChI is InChI=1S/C18H19NO5/c1-22-14-11-13(12-15(23-2)18(14)24-3)8-9-17(21)19-10-6-4-5-7-16(19)20/h4-6,8-12H,7H2,1-3H3/b9-8+. The van der Waals surface area contributed by atoms with E-state index in [1.165, 1.54) is 33.6 Å². The number of benzene rings is 1. The first-order valence-electron chi connectivity index (χ1n) is 7.28. The van der Waals surface area contributed by atoms with E-state index in [0.29, 0.717) is 22.8 Å². The monoisotopic (exact) mass is 329 g/mol. The van der Waals surface area contributed by atoms with Crippen LogP contribution in [0.15, 0.2) is 42.6 Å². The lowest BCUT2D eigenvalue weighted by Crippen LogP contribution is -2.29. The Morgan fingerprint density at radius 3 is 2.33 bits per heavy atom. The predicted molar refractivity (Wildman–Crippen MR) is 89.9 cm³/mol. The lowest BCUT2D eigenvalue weighted by molar-refractivity contribution is -0.137. The van der Waals surface area contributed by atoms with Gasteiger partial charge in [-0.2, -0.15) is 0 Å². The van der Waals surface area contributed by atoms with Gasteiger partial charge in [0.1, 0.15) is 0 Å². The summed E-state index contributed by atoms with van der Waals surface area (Å²) >= 11 is 0. The van der Waals surface area contributed by atoms with Gasteiger partial charge >= 0.3 is 0 Å². The van der Waals surface area contributed by atoms with Gasteiger partial charge in [-0.25, -0.2) is 0 Å². The lowest BCUT2D eigenvalue weighted by Gasteiger charge is -2.13. The van der Waals surface area contributed by atoms with E-state index in [1.807, 2.05) is 0 Å². The number of imide groups is 1. The lowest BCUT2D eigenvalue weighted by atomic mass is 10.1. The highest BCUT2D eigenvalue weighted by Crippen LogP contribution is 2.38. The molecule has 1 aromatic carbocycles. The molecule has 1 aliphatic rings. The average Bonchev–Trinajstić information content (AvgIpc) is 2.82. The third kappa shape index (κ3) is 3.84. The number of carbonyl (C=O) groups excluding carboxylic acids is 2. The number of methoxy groups -OCH3 is 3. The summed E-state index contributed by atoms with van der Waals surface area (Å²) in [6.07, 6.45) is 9.64. The van der Waals surface area contributed by atoms with Crippen LogP contribution >= 0.6 is 0 Å². The number of rotatable bonds is 5. The summed E-state index contributed by atoms with van der Waals surface area (Å²) < 4.78 is 15.8. The van der Waals surface area contributed by atoms with Crippen molar-refractivity contribution in [2.24, 2.45) is 0 Å². The summed E-state index contributed by atoms with van der Waals surface area (Å²) in [5, 5.41) is 0. The zero-order chi connectivity index (χ0) is 17.5. The van der Waals surface area contributed by atoms with E-state index in [9.17, 15) is 9.59 Å². The van der Waals surface area contributed by atoms with Gasteiger partial charge in [-0.05, 0) is 29.8 Å². The molecule has 24 heavy (non-hydrogen) atoms. The molecule has 126 valence electrons. The van der Waals surface area contributed by atoms with Crippen LogP contribution < -0.4 is 14.2 Å². The van der Waals surface area contributed by atoms with E-state index in [1.54, 1.807) is 36.4 Å². The molecule has 6 nitrogen and oxygen atoms in total. The number of allylic oxidation sites excluding steroid dienone is 2. The fraction of sp³-hybridized carbons (Fsp3) is 0.222. The maximum Gasteiger partial charge on any atom is 0.257 e. The van der Waals surface area contributed by atoms with Gasteiger partial charge < -0.3 is 14.2 Å². The smallest absolute Gasteiger partial charge is 0.257 e. The highest BCUT2D eigenvalue weighted by atomic mass is 16.5. The average molecular weight is 329 g/mol. The Bertz CT molecular complexity index is 693. The van der Waals surface area contributed by atoms with Gasteiger partial charge in [-0.3, -0.25) is 14.5 Å². The summed E-state index contributed by atoms with van der Waals surface area (Å²) in [5.41, 5.74) is 0.683. The quantitative estimate of drug-likeness (QED) is 0.777. The Hall–Kier alpha value is -3.02. The molecule has 1 aromatic rings. The van der Waals surface area contributed by atoms with E-state index >= 15 is 0 Å². The summed E-state index contributed by atoms with van der Waals surface area (Å²) in [7, 11) is 4.55. The molecule has 1 heterocycles. The van der Waals surface area contributed by atoms with Gasteiger partial charge in [0.15, 0.2) is 11.5 Å². The van der Waals surface area contributed by atoms with Crippen LogP contribution in [0.1, 0.15) is 12.0 Å². The number of amides is 2. The van der Waals surface area contributed by atoms with Crippen molar-refractivity contribution < 1.29 is 23.8 Å². The molecule has 0 unspecified atom stereocenters. The highest BCUT2D eigenvalue weighted by Gasteiger charge is 2.17. The third-order valence-corrected chi connectivity index (χ3v) is 3.39. The second-order valence-corrected chi connectivity index (χ2v) is 4.87. The zero-order valence-electron chi connectivity index (χ0n) is 13.8. The number of carbonyl (C=O) groups is 2. The minimum atomic E-state index is -0.422. The molecule has 6 heteroatoms. The topological polar surface area (TPSA) is 65.1 Å². The second kappa shape index (κ2) is 8.01. The first kappa shape index (κ1) is 17.3. The molecular weight excluding hydrogens is 310 g/mol. The fourth-order valence-corrected chi connectivity index (χ4v) is 2.21. The van der Waals surface area contributed by atoms with E-state index in [0.717, 1.165) is 4.90 Å². The van der Waals surface area contributed by atoms with Crippen molar-refractivity contribution in [3.63, 3.8) is 0 Å². The van der Waals surface area contributed by atoms with Crippen molar-refractivity contribution in [3.05, 3.63) is 48.2 Å². The van der Waals surface area contributed by atoms with Crippen LogP contribution in [-0.2, 0) is 9.59 Å². The van der Waals surface area contributed by atoms with Crippen molar-refractivity contribution in [1.82, 2.24) is 4.90 Å². The maximum atomic E-state index is 12.2. The summed E-state index contributed by atoms with van der Waals surface area (Å²) in [6, 6.07) is 3.43. The van der Waals surface area contributed by atoms with Crippen LogP contribution in [0.5, 0.6) is 17.2 Å².